The van der Waals surface area contributed by atoms with E-state index in [1.54, 1.807) is 0 Å². The van der Waals surface area contributed by atoms with Gasteiger partial charge in [-0.25, -0.2) is 0 Å². The Kier molecular flexibility index (Phi) is 4.40. The first-order chi connectivity index (χ1) is 8.60. The zero-order valence-corrected chi connectivity index (χ0v) is 11.6. The molecular formula is C14H16Cl2N2. The molecule has 1 aromatic rings. The molecule has 1 fully saturated rings. The molecule has 0 unspecified atom stereocenters. The fourth-order valence-electron chi connectivity index (χ4n) is 1.97. The van der Waals surface area contributed by atoms with Crippen LogP contribution in [0.2, 0.25) is 10.0 Å². The number of nitrogens with two attached hydrogens (primary N) is 1. The predicted molar refractivity (Wildman–Crippen MR) is 77.7 cm³/mol. The molecule has 0 amide bonds. The highest BCUT2D eigenvalue weighted by Crippen LogP contribution is 2.32. The van der Waals surface area contributed by atoms with Gasteiger partial charge >= 0.3 is 0 Å². The number of hydrogen-bond acceptors (Lipinski definition) is 2. The second-order valence-electron chi connectivity index (χ2n) is 4.79. The summed E-state index contributed by atoms with van der Waals surface area (Å²) in [5.74, 6) is 3.50. The van der Waals surface area contributed by atoms with E-state index in [0.717, 1.165) is 24.6 Å². The van der Waals surface area contributed by atoms with Gasteiger partial charge < -0.3 is 5.73 Å². The van der Waals surface area contributed by atoms with Crippen molar-refractivity contribution in [2.24, 2.45) is 5.92 Å². The molecule has 0 heterocycles. The van der Waals surface area contributed by atoms with E-state index in [9.17, 15) is 0 Å². The van der Waals surface area contributed by atoms with Crippen LogP contribution in [0.5, 0.6) is 0 Å². The molecule has 1 aliphatic rings. The number of anilines is 1. The fourth-order valence-corrected chi connectivity index (χ4v) is 2.50. The van der Waals surface area contributed by atoms with Crippen molar-refractivity contribution in [1.82, 2.24) is 4.90 Å². The number of hydrogen-bond donors (Lipinski definition) is 1. The highest BCUT2D eigenvalue weighted by Gasteiger charge is 2.24. The summed E-state index contributed by atoms with van der Waals surface area (Å²) in [6.45, 7) is 2.46. The van der Waals surface area contributed by atoms with E-state index >= 15 is 0 Å². The van der Waals surface area contributed by atoms with E-state index in [2.05, 4.69) is 10.8 Å². The summed E-state index contributed by atoms with van der Waals surface area (Å²) in [5, 5.41) is 1.01. The molecule has 1 aliphatic carbocycles. The van der Waals surface area contributed by atoms with Gasteiger partial charge in [-0.15, -0.1) is 6.42 Å². The summed E-state index contributed by atoms with van der Waals surface area (Å²) in [4.78, 5) is 2.25. The lowest BCUT2D eigenvalue weighted by molar-refractivity contribution is 0.286. The van der Waals surface area contributed by atoms with Crippen LogP contribution >= 0.6 is 23.2 Å². The summed E-state index contributed by atoms with van der Waals surface area (Å²) in [6, 6.07) is 3.72. The summed E-state index contributed by atoms with van der Waals surface area (Å²) in [6.07, 6.45) is 8.02. The van der Waals surface area contributed by atoms with Crippen LogP contribution in [0.1, 0.15) is 18.4 Å². The Morgan fingerprint density at radius 2 is 1.94 bits per heavy atom. The molecule has 0 bridgehead atoms. The maximum Gasteiger partial charge on any atom is 0.0693 e. The smallest absolute Gasteiger partial charge is 0.0693 e. The van der Waals surface area contributed by atoms with E-state index in [1.807, 2.05) is 12.1 Å². The Balaban J connectivity index is 2.07. The van der Waals surface area contributed by atoms with Crippen LogP contribution in [0.4, 0.5) is 5.69 Å². The molecule has 0 spiro atoms. The molecule has 0 atom stereocenters. The van der Waals surface area contributed by atoms with Gasteiger partial charge in [0.15, 0.2) is 0 Å². The molecule has 96 valence electrons. The highest BCUT2D eigenvalue weighted by molar-refractivity contribution is 6.38. The number of nitrogen functional groups attached to an aromatic ring is 1. The minimum atomic E-state index is 0.438. The zero-order valence-electron chi connectivity index (χ0n) is 10.1. The lowest BCUT2D eigenvalue weighted by Crippen LogP contribution is -2.26. The predicted octanol–water partition coefficient (Wildman–Crippen LogP) is 3.42. The van der Waals surface area contributed by atoms with Gasteiger partial charge in [0.2, 0.25) is 0 Å². The molecule has 2 nitrogen and oxygen atoms in total. The Labute approximate surface area is 118 Å². The van der Waals surface area contributed by atoms with E-state index in [1.165, 1.54) is 12.8 Å². The largest absolute Gasteiger partial charge is 0.396 e. The summed E-state index contributed by atoms with van der Waals surface area (Å²) in [5.41, 5.74) is 7.21. The van der Waals surface area contributed by atoms with E-state index in [0.29, 0.717) is 22.3 Å². The normalized spacial score (nSPS) is 14.8. The van der Waals surface area contributed by atoms with Crippen molar-refractivity contribution in [3.8, 4) is 12.3 Å². The molecule has 2 N–H and O–H groups in total. The van der Waals surface area contributed by atoms with Crippen LogP contribution in [-0.2, 0) is 6.54 Å². The molecule has 4 heteroatoms. The third-order valence-corrected chi connectivity index (χ3v) is 3.70. The zero-order chi connectivity index (χ0) is 13.1. The van der Waals surface area contributed by atoms with Crippen molar-refractivity contribution in [2.45, 2.75) is 19.4 Å². The van der Waals surface area contributed by atoms with Crippen LogP contribution in [0.15, 0.2) is 12.1 Å². The Morgan fingerprint density at radius 3 is 2.44 bits per heavy atom. The van der Waals surface area contributed by atoms with E-state index in [-0.39, 0.29) is 0 Å². The number of nitrogens with zero attached hydrogens (tertiary/aromatic N) is 1. The van der Waals surface area contributed by atoms with Gasteiger partial charge in [-0.3, -0.25) is 4.90 Å². The summed E-state index contributed by atoms with van der Waals surface area (Å²) >= 11 is 12.1. The van der Waals surface area contributed by atoms with Crippen LogP contribution in [-0.4, -0.2) is 18.0 Å². The van der Waals surface area contributed by atoms with Crippen LogP contribution < -0.4 is 5.73 Å². The second-order valence-corrected chi connectivity index (χ2v) is 5.60. The molecule has 0 aliphatic heterocycles. The van der Waals surface area contributed by atoms with Gasteiger partial charge in [0, 0.05) is 13.1 Å². The summed E-state index contributed by atoms with van der Waals surface area (Å²) < 4.78 is 0. The Bertz CT molecular complexity index is 452. The maximum absolute atomic E-state index is 6.03. The molecule has 0 saturated heterocycles. The average molecular weight is 283 g/mol. The van der Waals surface area contributed by atoms with Crippen LogP contribution in [0.25, 0.3) is 0 Å². The standard InChI is InChI=1S/C14H16Cl2N2/c1-2-5-18(8-10-3-4-10)9-11-6-12(15)14(17)13(16)7-11/h1,6-7,10H,3-5,8-9,17H2. The van der Waals surface area contributed by atoms with Crippen LogP contribution in [0, 0.1) is 18.3 Å². The minimum Gasteiger partial charge on any atom is -0.396 e. The molecule has 1 saturated carbocycles. The number of halogens is 2. The third kappa shape index (κ3) is 3.55. The molecule has 18 heavy (non-hydrogen) atoms. The monoisotopic (exact) mass is 282 g/mol. The minimum absolute atomic E-state index is 0.438. The van der Waals surface area contributed by atoms with Crippen molar-refractivity contribution >= 4 is 28.9 Å². The molecule has 0 aromatic heterocycles. The maximum atomic E-state index is 6.03. The molecule has 0 radical (unpaired) electrons. The Hall–Kier alpha value is -0.880. The highest BCUT2D eigenvalue weighted by atomic mass is 35.5. The first-order valence-electron chi connectivity index (χ1n) is 5.99. The van der Waals surface area contributed by atoms with Crippen molar-refractivity contribution in [3.05, 3.63) is 27.7 Å². The van der Waals surface area contributed by atoms with Gasteiger partial charge in [0.1, 0.15) is 0 Å². The number of benzene rings is 1. The Morgan fingerprint density at radius 1 is 1.33 bits per heavy atom. The van der Waals surface area contributed by atoms with Gasteiger partial charge in [0.05, 0.1) is 22.3 Å². The molecule has 2 rings (SSSR count). The van der Waals surface area contributed by atoms with Crippen molar-refractivity contribution in [3.63, 3.8) is 0 Å². The van der Waals surface area contributed by atoms with Gasteiger partial charge in [-0.05, 0) is 36.5 Å². The average Bonchev–Trinajstić information content (AvgIpc) is 3.10. The lowest BCUT2D eigenvalue weighted by Gasteiger charge is -2.20. The topological polar surface area (TPSA) is 29.3 Å². The van der Waals surface area contributed by atoms with Crippen molar-refractivity contribution in [1.29, 1.82) is 0 Å². The van der Waals surface area contributed by atoms with Gasteiger partial charge in [0.25, 0.3) is 0 Å². The SMILES string of the molecule is C#CCN(Cc1cc(Cl)c(N)c(Cl)c1)CC1CC1. The van der Waals surface area contributed by atoms with Crippen molar-refractivity contribution < 1.29 is 0 Å². The molecular weight excluding hydrogens is 267 g/mol. The lowest BCUT2D eigenvalue weighted by atomic mass is 10.2. The first-order valence-corrected chi connectivity index (χ1v) is 6.75. The quantitative estimate of drug-likeness (QED) is 0.662. The van der Waals surface area contributed by atoms with Gasteiger partial charge in [-0.1, -0.05) is 29.1 Å². The number of rotatable bonds is 5. The third-order valence-electron chi connectivity index (χ3n) is 3.07. The van der Waals surface area contributed by atoms with E-state index < -0.39 is 0 Å². The second kappa shape index (κ2) is 5.84. The fraction of sp³-hybridized carbons (Fsp3) is 0.429. The van der Waals surface area contributed by atoms with Crippen LogP contribution in [0.3, 0.4) is 0 Å². The van der Waals surface area contributed by atoms with Gasteiger partial charge in [-0.2, -0.15) is 0 Å². The number of terminal acetylenes is 1. The first kappa shape index (κ1) is 13.5. The van der Waals surface area contributed by atoms with E-state index in [4.69, 9.17) is 35.4 Å². The summed E-state index contributed by atoms with van der Waals surface area (Å²) in [7, 11) is 0. The van der Waals surface area contributed by atoms with Crippen molar-refractivity contribution in [2.75, 3.05) is 18.8 Å². The molecule has 1 aromatic carbocycles.